The first-order chi connectivity index (χ1) is 8.72. The van der Waals surface area contributed by atoms with Crippen LogP contribution in [0.1, 0.15) is 28.2 Å². The largest absolute Gasteiger partial charge is 0.377 e. The van der Waals surface area contributed by atoms with E-state index in [0.717, 1.165) is 43.6 Å². The van der Waals surface area contributed by atoms with Crippen molar-refractivity contribution in [3.63, 3.8) is 0 Å². The normalized spacial score (nSPS) is 17.1. The molecule has 0 radical (unpaired) electrons. The molecular weight excluding hydrogens is 318 g/mol. The maximum atomic E-state index is 12.2. The summed E-state index contributed by atoms with van der Waals surface area (Å²) >= 11 is 4.52. The van der Waals surface area contributed by atoms with Crippen molar-refractivity contribution in [3.05, 3.63) is 10.6 Å². The topological polar surface area (TPSA) is 55.3 Å². The Morgan fingerprint density at radius 1 is 1.56 bits per heavy atom. The van der Waals surface area contributed by atoms with Crippen LogP contribution in [0.2, 0.25) is 0 Å². The Balaban J connectivity index is 1.86. The van der Waals surface area contributed by atoms with Crippen LogP contribution in [-0.2, 0) is 4.74 Å². The van der Waals surface area contributed by atoms with E-state index in [1.54, 1.807) is 0 Å². The van der Waals surface area contributed by atoms with Gasteiger partial charge >= 0.3 is 0 Å². The van der Waals surface area contributed by atoms with Crippen LogP contribution in [0.4, 0.5) is 0 Å². The molecule has 1 aliphatic heterocycles. The van der Waals surface area contributed by atoms with Gasteiger partial charge in [0.15, 0.2) is 0 Å². The van der Waals surface area contributed by atoms with Crippen molar-refractivity contribution in [2.24, 2.45) is 0 Å². The molecule has 1 aromatic heterocycles. The van der Waals surface area contributed by atoms with E-state index in [4.69, 9.17) is 4.74 Å². The first-order valence-electron chi connectivity index (χ1n) is 5.98. The van der Waals surface area contributed by atoms with Gasteiger partial charge in [0.1, 0.15) is 4.88 Å². The minimum Gasteiger partial charge on any atom is -0.377 e. The van der Waals surface area contributed by atoms with Crippen LogP contribution in [0.15, 0.2) is 0 Å². The predicted molar refractivity (Wildman–Crippen MR) is 73.3 cm³/mol. The van der Waals surface area contributed by atoms with Gasteiger partial charge in [0, 0.05) is 18.4 Å². The first-order valence-corrected chi connectivity index (χ1v) is 7.87. The van der Waals surface area contributed by atoms with Gasteiger partial charge in [-0.2, -0.15) is 0 Å². The van der Waals surface area contributed by atoms with Crippen molar-refractivity contribution in [1.29, 1.82) is 0 Å². The van der Waals surface area contributed by atoms with E-state index < -0.39 is 0 Å². The minimum atomic E-state index is 0.0569. The number of halogens is 1. The molecule has 0 N–H and O–H groups in total. The molecule has 1 fully saturated rings. The first kappa shape index (κ1) is 13.9. The van der Waals surface area contributed by atoms with Gasteiger partial charge in [-0.15, -0.1) is 5.10 Å². The van der Waals surface area contributed by atoms with Crippen LogP contribution in [0.25, 0.3) is 0 Å². The Bertz CT molecular complexity index is 405. The lowest BCUT2D eigenvalue weighted by Crippen LogP contribution is -2.41. The van der Waals surface area contributed by atoms with E-state index in [0.29, 0.717) is 4.88 Å². The van der Waals surface area contributed by atoms with Gasteiger partial charge in [-0.3, -0.25) is 4.79 Å². The zero-order valence-electron chi connectivity index (χ0n) is 10.3. The molecule has 1 amide bonds. The number of alkyl halides is 1. The van der Waals surface area contributed by atoms with Crippen molar-refractivity contribution in [2.45, 2.75) is 25.9 Å². The summed E-state index contributed by atoms with van der Waals surface area (Å²) < 4.78 is 9.48. The summed E-state index contributed by atoms with van der Waals surface area (Å²) in [5, 5.41) is 4.74. The Kier molecular flexibility index (Phi) is 5.08. The molecule has 0 unspecified atom stereocenters. The summed E-state index contributed by atoms with van der Waals surface area (Å²) in [6.45, 7) is 4.06. The Labute approximate surface area is 119 Å². The van der Waals surface area contributed by atoms with E-state index in [9.17, 15) is 4.79 Å². The van der Waals surface area contributed by atoms with E-state index in [-0.39, 0.29) is 12.0 Å². The van der Waals surface area contributed by atoms with Gasteiger partial charge in [-0.25, -0.2) is 0 Å². The smallest absolute Gasteiger partial charge is 0.267 e. The summed E-state index contributed by atoms with van der Waals surface area (Å²) in [5.41, 5.74) is 0.725. The lowest BCUT2D eigenvalue weighted by Gasteiger charge is -2.31. The predicted octanol–water partition coefficient (Wildman–Crippen LogP) is 1.86. The number of carbonyl (C=O) groups is 1. The zero-order valence-corrected chi connectivity index (χ0v) is 12.7. The average Bonchev–Trinajstić information content (AvgIpc) is 2.82. The molecule has 1 aliphatic rings. The Hall–Kier alpha value is -0.530. The van der Waals surface area contributed by atoms with E-state index in [1.165, 1.54) is 11.5 Å². The van der Waals surface area contributed by atoms with Gasteiger partial charge in [0.05, 0.1) is 18.4 Å². The lowest BCUT2D eigenvalue weighted by atomic mass is 10.1. The van der Waals surface area contributed by atoms with Crippen LogP contribution >= 0.6 is 27.5 Å². The van der Waals surface area contributed by atoms with Gasteiger partial charge in [-0.1, -0.05) is 20.4 Å². The molecule has 0 aliphatic carbocycles. The minimum absolute atomic E-state index is 0.0569. The molecule has 100 valence electrons. The molecule has 18 heavy (non-hydrogen) atoms. The molecule has 0 atom stereocenters. The number of ether oxygens (including phenoxy) is 1. The van der Waals surface area contributed by atoms with E-state index in [2.05, 4.69) is 25.5 Å². The number of hydrogen-bond donors (Lipinski definition) is 0. The summed E-state index contributed by atoms with van der Waals surface area (Å²) in [7, 11) is 0. The summed E-state index contributed by atoms with van der Waals surface area (Å²) in [6.07, 6.45) is 2.10. The number of carbonyl (C=O) groups excluding carboxylic acids is 1. The fraction of sp³-hybridized carbons (Fsp3) is 0.727. The highest BCUT2D eigenvalue weighted by molar-refractivity contribution is 9.09. The standard InChI is InChI=1S/C11H16BrN3O2S/c1-8-10(18-14-13-8)11(16)15-5-2-9(3-6-15)17-7-4-12/h9H,2-7H2,1H3. The number of aromatic nitrogens is 2. The number of aryl methyl sites for hydroxylation is 1. The number of rotatable bonds is 4. The second-order valence-corrected chi connectivity index (χ2v) is 5.79. The van der Waals surface area contributed by atoms with Gasteiger partial charge in [-0.05, 0) is 31.3 Å². The van der Waals surface area contributed by atoms with Crippen molar-refractivity contribution in [2.75, 3.05) is 25.0 Å². The van der Waals surface area contributed by atoms with Gasteiger partial charge in [0.25, 0.3) is 5.91 Å². The number of piperidine rings is 1. The Morgan fingerprint density at radius 2 is 2.28 bits per heavy atom. The van der Waals surface area contributed by atoms with Crippen molar-refractivity contribution >= 4 is 33.4 Å². The van der Waals surface area contributed by atoms with Crippen LogP contribution < -0.4 is 0 Å². The quantitative estimate of drug-likeness (QED) is 0.789. The van der Waals surface area contributed by atoms with Crippen LogP contribution in [-0.4, -0.2) is 51.5 Å². The van der Waals surface area contributed by atoms with Crippen molar-refractivity contribution in [1.82, 2.24) is 14.5 Å². The van der Waals surface area contributed by atoms with Gasteiger partial charge < -0.3 is 9.64 Å². The van der Waals surface area contributed by atoms with Crippen molar-refractivity contribution in [3.8, 4) is 0 Å². The fourth-order valence-electron chi connectivity index (χ4n) is 2.01. The summed E-state index contributed by atoms with van der Waals surface area (Å²) in [5.74, 6) is 0.0569. The fourth-order valence-corrected chi connectivity index (χ4v) is 2.82. The maximum absolute atomic E-state index is 12.2. The second-order valence-electron chi connectivity index (χ2n) is 4.24. The number of amides is 1. The van der Waals surface area contributed by atoms with Crippen LogP contribution in [0.3, 0.4) is 0 Å². The maximum Gasteiger partial charge on any atom is 0.267 e. The highest BCUT2D eigenvalue weighted by Crippen LogP contribution is 2.19. The number of likely N-dealkylation sites (tertiary alicyclic amines) is 1. The monoisotopic (exact) mass is 333 g/mol. The lowest BCUT2D eigenvalue weighted by molar-refractivity contribution is 0.0161. The molecule has 1 saturated heterocycles. The molecule has 0 spiro atoms. The Morgan fingerprint density at radius 3 is 2.83 bits per heavy atom. The SMILES string of the molecule is Cc1nnsc1C(=O)N1CCC(OCCBr)CC1. The zero-order chi connectivity index (χ0) is 13.0. The second kappa shape index (κ2) is 6.58. The third-order valence-corrected chi connectivity index (χ3v) is 4.15. The molecule has 5 nitrogen and oxygen atoms in total. The van der Waals surface area contributed by atoms with Crippen LogP contribution in [0, 0.1) is 6.92 Å². The third kappa shape index (κ3) is 3.27. The molecular formula is C11H16BrN3O2S. The van der Waals surface area contributed by atoms with Crippen LogP contribution in [0.5, 0.6) is 0 Å². The summed E-state index contributed by atoms with van der Waals surface area (Å²) in [4.78, 5) is 14.7. The summed E-state index contributed by atoms with van der Waals surface area (Å²) in [6, 6.07) is 0. The average molecular weight is 334 g/mol. The highest BCUT2D eigenvalue weighted by Gasteiger charge is 2.26. The number of hydrogen-bond acceptors (Lipinski definition) is 5. The number of nitrogens with zero attached hydrogens (tertiary/aromatic N) is 3. The highest BCUT2D eigenvalue weighted by atomic mass is 79.9. The third-order valence-electron chi connectivity index (χ3n) is 3.01. The molecule has 0 aromatic carbocycles. The molecule has 2 heterocycles. The molecule has 0 saturated carbocycles. The van der Waals surface area contributed by atoms with E-state index in [1.807, 2.05) is 11.8 Å². The molecule has 1 aromatic rings. The van der Waals surface area contributed by atoms with Gasteiger partial charge in [0.2, 0.25) is 0 Å². The van der Waals surface area contributed by atoms with Crippen molar-refractivity contribution < 1.29 is 9.53 Å². The van der Waals surface area contributed by atoms with E-state index >= 15 is 0 Å². The molecule has 0 bridgehead atoms. The molecule has 7 heteroatoms. The molecule has 2 rings (SSSR count).